The summed E-state index contributed by atoms with van der Waals surface area (Å²) in [5, 5.41) is 2.43. The van der Waals surface area contributed by atoms with E-state index in [1.165, 1.54) is 18.2 Å². The van der Waals surface area contributed by atoms with Gasteiger partial charge in [0.25, 0.3) is 0 Å². The summed E-state index contributed by atoms with van der Waals surface area (Å²) in [6.07, 6.45) is -4.32. The van der Waals surface area contributed by atoms with Gasteiger partial charge in [0.05, 0.1) is 12.7 Å². The fourth-order valence-electron chi connectivity index (χ4n) is 2.58. The second-order valence-electron chi connectivity index (χ2n) is 5.45. The first-order chi connectivity index (χ1) is 11.3. The molecule has 1 aromatic rings. The highest BCUT2D eigenvalue weighted by molar-refractivity contribution is 5.87. The van der Waals surface area contributed by atoms with Gasteiger partial charge in [-0.3, -0.25) is 4.79 Å². The van der Waals surface area contributed by atoms with Crippen molar-refractivity contribution < 1.29 is 32.2 Å². The molecule has 132 valence electrons. The van der Waals surface area contributed by atoms with Crippen LogP contribution in [-0.2, 0) is 31.7 Å². The Kier molecular flexibility index (Phi) is 5.82. The van der Waals surface area contributed by atoms with Gasteiger partial charge in [0.15, 0.2) is 0 Å². The van der Waals surface area contributed by atoms with Crippen molar-refractivity contribution in [1.29, 1.82) is 0 Å². The zero-order chi connectivity index (χ0) is 17.7. The van der Waals surface area contributed by atoms with E-state index < -0.39 is 35.8 Å². The molecule has 1 aliphatic heterocycles. The van der Waals surface area contributed by atoms with E-state index in [4.69, 9.17) is 4.74 Å². The van der Waals surface area contributed by atoms with Gasteiger partial charge in [-0.1, -0.05) is 18.2 Å². The highest BCUT2D eigenvalue weighted by Crippen LogP contribution is 2.32. The van der Waals surface area contributed by atoms with Gasteiger partial charge in [0.1, 0.15) is 12.1 Å². The summed E-state index contributed by atoms with van der Waals surface area (Å²) in [4.78, 5) is 24.0. The van der Waals surface area contributed by atoms with Crippen molar-refractivity contribution >= 4 is 11.9 Å². The van der Waals surface area contributed by atoms with Gasteiger partial charge in [-0.25, -0.2) is 4.79 Å². The molecular formula is C16H18F3NO4. The predicted molar refractivity (Wildman–Crippen MR) is 78.1 cm³/mol. The lowest BCUT2D eigenvalue weighted by molar-refractivity contribution is -0.147. The number of nitrogens with one attached hydrogen (secondary N) is 1. The molecule has 24 heavy (non-hydrogen) atoms. The minimum Gasteiger partial charge on any atom is -0.467 e. The molecule has 5 nitrogen and oxygen atoms in total. The average molecular weight is 345 g/mol. The van der Waals surface area contributed by atoms with Crippen LogP contribution in [0.2, 0.25) is 0 Å². The van der Waals surface area contributed by atoms with Crippen LogP contribution in [0.5, 0.6) is 0 Å². The summed E-state index contributed by atoms with van der Waals surface area (Å²) in [6.45, 7) is 0.442. The molecule has 2 rings (SSSR count). The van der Waals surface area contributed by atoms with Crippen molar-refractivity contribution in [2.24, 2.45) is 0 Å². The highest BCUT2D eigenvalue weighted by Gasteiger charge is 2.35. The van der Waals surface area contributed by atoms with Crippen molar-refractivity contribution in [3.05, 3.63) is 35.4 Å². The molecule has 0 radical (unpaired) electrons. The molecule has 0 aliphatic carbocycles. The first-order valence-electron chi connectivity index (χ1n) is 7.48. The van der Waals surface area contributed by atoms with Gasteiger partial charge < -0.3 is 14.8 Å². The van der Waals surface area contributed by atoms with Crippen LogP contribution in [0.3, 0.4) is 0 Å². The Morgan fingerprint density at radius 3 is 2.67 bits per heavy atom. The van der Waals surface area contributed by atoms with Crippen LogP contribution in [0.4, 0.5) is 13.2 Å². The van der Waals surface area contributed by atoms with E-state index in [0.29, 0.717) is 13.0 Å². The number of amides is 1. The zero-order valence-electron chi connectivity index (χ0n) is 13.1. The van der Waals surface area contributed by atoms with Gasteiger partial charge in [0, 0.05) is 13.0 Å². The normalized spacial score (nSPS) is 18.9. The van der Waals surface area contributed by atoms with Crippen molar-refractivity contribution in [3.63, 3.8) is 0 Å². The standard InChI is InChI=1S/C16H18F3NO4/c1-23-15(22)12(20-14(21)13-7-4-8-24-13)9-10-5-2-3-6-11(10)16(17,18)19/h2-3,5-6,12-13H,4,7-9H2,1H3,(H,20,21)/t12-,13-/m1/s1. The van der Waals surface area contributed by atoms with E-state index in [2.05, 4.69) is 10.1 Å². The number of alkyl halides is 3. The summed E-state index contributed by atoms with van der Waals surface area (Å²) < 4.78 is 49.0. The lowest BCUT2D eigenvalue weighted by Gasteiger charge is -2.20. The SMILES string of the molecule is COC(=O)[C@@H](Cc1ccccc1C(F)(F)F)NC(=O)[C@H]1CCCO1. The highest BCUT2D eigenvalue weighted by atomic mass is 19.4. The van der Waals surface area contributed by atoms with Crippen LogP contribution in [-0.4, -0.2) is 37.7 Å². The van der Waals surface area contributed by atoms with Gasteiger partial charge in [0.2, 0.25) is 5.91 Å². The zero-order valence-corrected chi connectivity index (χ0v) is 13.1. The van der Waals surface area contributed by atoms with E-state index in [1.807, 2.05) is 0 Å². The molecule has 8 heteroatoms. The van der Waals surface area contributed by atoms with E-state index in [-0.39, 0.29) is 12.0 Å². The third-order valence-corrected chi connectivity index (χ3v) is 3.77. The van der Waals surface area contributed by atoms with Crippen LogP contribution in [0.25, 0.3) is 0 Å². The van der Waals surface area contributed by atoms with E-state index in [9.17, 15) is 22.8 Å². The van der Waals surface area contributed by atoms with Gasteiger partial charge >= 0.3 is 12.1 Å². The first kappa shape index (κ1) is 18.3. The third-order valence-electron chi connectivity index (χ3n) is 3.77. The number of halogens is 3. The molecule has 0 bridgehead atoms. The molecule has 1 aromatic carbocycles. The molecule has 0 unspecified atom stereocenters. The van der Waals surface area contributed by atoms with Gasteiger partial charge in [-0.15, -0.1) is 0 Å². The van der Waals surface area contributed by atoms with Crippen LogP contribution in [0.1, 0.15) is 24.0 Å². The van der Waals surface area contributed by atoms with Crippen LogP contribution in [0.15, 0.2) is 24.3 Å². The summed E-state index contributed by atoms with van der Waals surface area (Å²) in [6, 6.07) is 3.71. The van der Waals surface area contributed by atoms with Crippen LogP contribution >= 0.6 is 0 Å². The maximum atomic E-state index is 13.1. The minimum absolute atomic E-state index is 0.0898. The van der Waals surface area contributed by atoms with Gasteiger partial charge in [-0.2, -0.15) is 13.2 Å². The number of benzene rings is 1. The topological polar surface area (TPSA) is 64.6 Å². The molecule has 1 aliphatic rings. The largest absolute Gasteiger partial charge is 0.467 e. The van der Waals surface area contributed by atoms with E-state index in [0.717, 1.165) is 19.6 Å². The third kappa shape index (κ3) is 4.47. The molecule has 1 N–H and O–H groups in total. The van der Waals surface area contributed by atoms with Crippen molar-refractivity contribution in [2.45, 2.75) is 37.6 Å². The number of methoxy groups -OCH3 is 1. The lowest BCUT2D eigenvalue weighted by Crippen LogP contribution is -2.47. The Hall–Kier alpha value is -2.09. The Labute approximate surface area is 137 Å². The number of rotatable bonds is 5. The smallest absolute Gasteiger partial charge is 0.416 e. The second-order valence-corrected chi connectivity index (χ2v) is 5.45. The van der Waals surface area contributed by atoms with Crippen LogP contribution < -0.4 is 5.32 Å². The quantitative estimate of drug-likeness (QED) is 0.830. The van der Waals surface area contributed by atoms with E-state index >= 15 is 0 Å². The molecule has 2 atom stereocenters. The van der Waals surface area contributed by atoms with E-state index in [1.54, 1.807) is 0 Å². The predicted octanol–water partition coefficient (Wildman–Crippen LogP) is 2.08. The Bertz CT molecular complexity index is 597. The van der Waals surface area contributed by atoms with Crippen molar-refractivity contribution in [1.82, 2.24) is 5.32 Å². The number of esters is 1. The molecule has 0 spiro atoms. The summed E-state index contributed by atoms with van der Waals surface area (Å²) in [5.41, 5.74) is -0.932. The van der Waals surface area contributed by atoms with Crippen LogP contribution in [0, 0.1) is 0 Å². The number of ether oxygens (including phenoxy) is 2. The number of hydrogen-bond donors (Lipinski definition) is 1. The first-order valence-corrected chi connectivity index (χ1v) is 7.48. The number of hydrogen-bond acceptors (Lipinski definition) is 4. The van der Waals surface area contributed by atoms with Gasteiger partial charge in [-0.05, 0) is 24.5 Å². The maximum absolute atomic E-state index is 13.1. The molecule has 1 amide bonds. The molecule has 0 saturated carbocycles. The fourth-order valence-corrected chi connectivity index (χ4v) is 2.58. The lowest BCUT2D eigenvalue weighted by atomic mass is 9.99. The summed E-state index contributed by atoms with van der Waals surface area (Å²) in [7, 11) is 1.11. The molecule has 1 fully saturated rings. The Morgan fingerprint density at radius 1 is 1.38 bits per heavy atom. The molecule has 1 heterocycles. The summed E-state index contributed by atoms with van der Waals surface area (Å²) >= 11 is 0. The molecule has 1 saturated heterocycles. The van der Waals surface area contributed by atoms with Crippen molar-refractivity contribution in [2.75, 3.05) is 13.7 Å². The number of carbonyl (C=O) groups excluding carboxylic acids is 2. The average Bonchev–Trinajstić information content (AvgIpc) is 3.07. The Morgan fingerprint density at radius 2 is 2.08 bits per heavy atom. The fraction of sp³-hybridized carbons (Fsp3) is 0.500. The summed E-state index contributed by atoms with van der Waals surface area (Å²) in [5.74, 6) is -1.33. The Balaban J connectivity index is 2.18. The molecular weight excluding hydrogens is 327 g/mol. The minimum atomic E-state index is -4.55. The molecule has 0 aromatic heterocycles. The second kappa shape index (κ2) is 7.65. The maximum Gasteiger partial charge on any atom is 0.416 e. The number of carbonyl (C=O) groups is 2. The monoisotopic (exact) mass is 345 g/mol. The van der Waals surface area contributed by atoms with Crippen molar-refractivity contribution in [3.8, 4) is 0 Å².